The largest absolute Gasteiger partial charge is 0.374 e. The first-order valence-electron chi connectivity index (χ1n) is 9.42. The Morgan fingerprint density at radius 3 is 2.89 bits per heavy atom. The summed E-state index contributed by atoms with van der Waals surface area (Å²) in [7, 11) is 0. The van der Waals surface area contributed by atoms with Crippen LogP contribution in [0.2, 0.25) is 0 Å². The van der Waals surface area contributed by atoms with Crippen LogP contribution in [0.1, 0.15) is 43.4 Å². The zero-order valence-corrected chi connectivity index (χ0v) is 16.7. The number of rotatable bonds is 7. The Hall–Kier alpha value is -2.03. The van der Waals surface area contributed by atoms with E-state index in [4.69, 9.17) is 10.5 Å². The van der Waals surface area contributed by atoms with Crippen LogP contribution in [0, 0.1) is 0 Å². The molecule has 0 radical (unpaired) electrons. The zero-order valence-electron chi connectivity index (χ0n) is 15.9. The van der Waals surface area contributed by atoms with Gasteiger partial charge in [-0.05, 0) is 43.6 Å². The van der Waals surface area contributed by atoms with Gasteiger partial charge in [0.1, 0.15) is 5.01 Å². The summed E-state index contributed by atoms with van der Waals surface area (Å²) in [6, 6.07) is 8.46. The van der Waals surface area contributed by atoms with Gasteiger partial charge in [-0.1, -0.05) is 37.3 Å². The van der Waals surface area contributed by atoms with E-state index in [1.165, 1.54) is 11.3 Å². The Labute approximate surface area is 163 Å². The third kappa shape index (κ3) is 5.24. The molecular weight excluding hydrogens is 362 g/mol. The Balaban J connectivity index is 1.63. The van der Waals surface area contributed by atoms with Crippen LogP contribution in [0.3, 0.4) is 0 Å². The number of carbonyl (C=O) groups is 1. The number of hydrogen-bond acceptors (Lipinski definition) is 7. The van der Waals surface area contributed by atoms with Crippen molar-refractivity contribution in [2.45, 2.75) is 45.3 Å². The van der Waals surface area contributed by atoms with Gasteiger partial charge in [-0.15, -0.1) is 10.2 Å². The molecule has 1 saturated heterocycles. The molecule has 0 saturated carbocycles. The van der Waals surface area contributed by atoms with Crippen molar-refractivity contribution >= 4 is 28.1 Å². The van der Waals surface area contributed by atoms with Crippen LogP contribution in [-0.2, 0) is 16.0 Å². The highest BCUT2D eigenvalue weighted by Gasteiger charge is 2.27. The monoisotopic (exact) mass is 389 g/mol. The summed E-state index contributed by atoms with van der Waals surface area (Å²) in [6.45, 7) is 7.28. The molecule has 0 bridgehead atoms. The second-order valence-corrected chi connectivity index (χ2v) is 7.74. The second-order valence-electron chi connectivity index (χ2n) is 6.64. The van der Waals surface area contributed by atoms with Crippen molar-refractivity contribution in [2.75, 3.05) is 30.7 Å². The molecule has 3 rings (SSSR count). The second kappa shape index (κ2) is 9.25. The summed E-state index contributed by atoms with van der Waals surface area (Å²) >= 11 is 1.23. The van der Waals surface area contributed by atoms with Crippen molar-refractivity contribution in [3.8, 4) is 0 Å². The van der Waals surface area contributed by atoms with E-state index >= 15 is 0 Å². The topological polar surface area (TPSA) is 93.4 Å². The molecule has 1 aromatic heterocycles. The SMILES string of the molecule is CCN(CC)[C@@H]1CCO[C@H](c2cccc(NC(=O)Cc3nnc(N)s3)c2)C1. The molecule has 2 aromatic rings. The molecule has 1 fully saturated rings. The van der Waals surface area contributed by atoms with E-state index in [0.717, 1.165) is 43.8 Å². The van der Waals surface area contributed by atoms with E-state index in [1.807, 2.05) is 18.2 Å². The number of nitrogens with one attached hydrogen (secondary N) is 1. The molecule has 1 amide bonds. The van der Waals surface area contributed by atoms with Gasteiger partial charge < -0.3 is 20.7 Å². The molecular formula is C19H27N5O2S. The van der Waals surface area contributed by atoms with Crippen LogP contribution in [0.25, 0.3) is 0 Å². The van der Waals surface area contributed by atoms with E-state index in [0.29, 0.717) is 16.2 Å². The fourth-order valence-corrected chi connectivity index (χ4v) is 4.19. The van der Waals surface area contributed by atoms with E-state index in [-0.39, 0.29) is 18.4 Å². The van der Waals surface area contributed by atoms with Gasteiger partial charge in [0, 0.05) is 18.3 Å². The highest BCUT2D eigenvalue weighted by molar-refractivity contribution is 7.15. The lowest BCUT2D eigenvalue weighted by molar-refractivity contribution is -0.115. The fraction of sp³-hybridized carbons (Fsp3) is 0.526. The average Bonchev–Trinajstić information content (AvgIpc) is 3.08. The smallest absolute Gasteiger partial charge is 0.231 e. The number of amides is 1. The van der Waals surface area contributed by atoms with E-state index in [1.54, 1.807) is 0 Å². The van der Waals surface area contributed by atoms with Crippen LogP contribution in [0.4, 0.5) is 10.8 Å². The zero-order chi connectivity index (χ0) is 19.2. The minimum absolute atomic E-state index is 0.0594. The van der Waals surface area contributed by atoms with Crippen LogP contribution in [-0.4, -0.2) is 46.7 Å². The first-order valence-corrected chi connectivity index (χ1v) is 10.2. The van der Waals surface area contributed by atoms with Gasteiger partial charge in [-0.25, -0.2) is 0 Å². The molecule has 2 heterocycles. The molecule has 0 aliphatic carbocycles. The van der Waals surface area contributed by atoms with Crippen molar-refractivity contribution < 1.29 is 9.53 Å². The number of hydrogen-bond donors (Lipinski definition) is 2. The van der Waals surface area contributed by atoms with E-state index < -0.39 is 0 Å². The van der Waals surface area contributed by atoms with Gasteiger partial charge in [-0.2, -0.15) is 0 Å². The highest BCUT2D eigenvalue weighted by Crippen LogP contribution is 2.31. The lowest BCUT2D eigenvalue weighted by atomic mass is 9.96. The van der Waals surface area contributed by atoms with Gasteiger partial charge in [-0.3, -0.25) is 4.79 Å². The molecule has 1 aromatic carbocycles. The van der Waals surface area contributed by atoms with Gasteiger partial charge in [0.25, 0.3) is 0 Å². The summed E-state index contributed by atoms with van der Waals surface area (Å²) < 4.78 is 6.02. The van der Waals surface area contributed by atoms with E-state index in [2.05, 4.69) is 40.3 Å². The molecule has 1 aliphatic heterocycles. The number of nitrogen functional groups attached to an aromatic ring is 1. The molecule has 0 spiro atoms. The van der Waals surface area contributed by atoms with Gasteiger partial charge >= 0.3 is 0 Å². The summed E-state index contributed by atoms with van der Waals surface area (Å²) in [5.74, 6) is -0.131. The van der Waals surface area contributed by atoms with Crippen molar-refractivity contribution in [3.05, 3.63) is 34.8 Å². The van der Waals surface area contributed by atoms with Crippen LogP contribution in [0.5, 0.6) is 0 Å². The standard InChI is InChI=1S/C19H27N5O2S/c1-3-24(4-2)15-8-9-26-16(11-15)13-6-5-7-14(10-13)21-17(25)12-18-22-23-19(20)27-18/h5-7,10,15-16H,3-4,8-9,11-12H2,1-2H3,(H2,20,23)(H,21,25)/t15-,16+/m1/s1. The maximum atomic E-state index is 12.2. The predicted octanol–water partition coefficient (Wildman–Crippen LogP) is 2.86. The summed E-state index contributed by atoms with van der Waals surface area (Å²) in [6.07, 6.45) is 2.27. The van der Waals surface area contributed by atoms with Crippen molar-refractivity contribution in [2.24, 2.45) is 0 Å². The van der Waals surface area contributed by atoms with Crippen molar-refractivity contribution in [3.63, 3.8) is 0 Å². The van der Waals surface area contributed by atoms with Crippen LogP contribution >= 0.6 is 11.3 Å². The number of anilines is 2. The normalized spacial score (nSPS) is 20.0. The highest BCUT2D eigenvalue weighted by atomic mass is 32.1. The Bertz CT molecular complexity index is 762. The quantitative estimate of drug-likeness (QED) is 0.756. The lowest BCUT2D eigenvalue weighted by Crippen LogP contribution is -2.40. The molecule has 27 heavy (non-hydrogen) atoms. The van der Waals surface area contributed by atoms with Crippen molar-refractivity contribution in [1.29, 1.82) is 0 Å². The van der Waals surface area contributed by atoms with Gasteiger partial charge in [0.2, 0.25) is 11.0 Å². The summed E-state index contributed by atoms with van der Waals surface area (Å²) in [5, 5.41) is 11.5. The molecule has 7 nitrogen and oxygen atoms in total. The number of benzene rings is 1. The minimum Gasteiger partial charge on any atom is -0.374 e. The first kappa shape index (κ1) is 19.7. The Morgan fingerprint density at radius 2 is 2.19 bits per heavy atom. The number of nitrogens with zero attached hydrogens (tertiary/aromatic N) is 3. The van der Waals surface area contributed by atoms with Crippen LogP contribution < -0.4 is 11.1 Å². The van der Waals surface area contributed by atoms with Gasteiger partial charge in [0.05, 0.1) is 12.5 Å². The van der Waals surface area contributed by atoms with Crippen LogP contribution in [0.15, 0.2) is 24.3 Å². The number of carbonyl (C=O) groups excluding carboxylic acids is 1. The Morgan fingerprint density at radius 1 is 1.37 bits per heavy atom. The molecule has 3 N–H and O–H groups in total. The van der Waals surface area contributed by atoms with E-state index in [9.17, 15) is 4.79 Å². The van der Waals surface area contributed by atoms with Crippen molar-refractivity contribution in [1.82, 2.24) is 15.1 Å². The maximum Gasteiger partial charge on any atom is 0.231 e. The third-order valence-corrected chi connectivity index (χ3v) is 5.67. The third-order valence-electron chi connectivity index (χ3n) is 4.92. The van der Waals surface area contributed by atoms with Gasteiger partial charge in [0.15, 0.2) is 0 Å². The fourth-order valence-electron chi connectivity index (χ4n) is 3.58. The maximum absolute atomic E-state index is 12.2. The average molecular weight is 390 g/mol. The Kier molecular flexibility index (Phi) is 6.76. The lowest BCUT2D eigenvalue weighted by Gasteiger charge is -2.36. The molecule has 1 aliphatic rings. The predicted molar refractivity (Wildman–Crippen MR) is 108 cm³/mol. The molecule has 0 unspecified atom stereocenters. The minimum atomic E-state index is -0.131. The first-order chi connectivity index (χ1) is 13.1. The number of ether oxygens (including phenoxy) is 1. The summed E-state index contributed by atoms with van der Waals surface area (Å²) in [5.41, 5.74) is 7.43. The summed E-state index contributed by atoms with van der Waals surface area (Å²) in [4.78, 5) is 14.7. The molecule has 8 heteroatoms. The molecule has 146 valence electrons. The number of aromatic nitrogens is 2. The molecule has 2 atom stereocenters. The number of nitrogens with two attached hydrogens (primary N) is 1.